The minimum absolute atomic E-state index is 0.0303. The third kappa shape index (κ3) is 3.80. The summed E-state index contributed by atoms with van der Waals surface area (Å²) < 4.78 is 0. The van der Waals surface area contributed by atoms with E-state index in [2.05, 4.69) is 0 Å². The summed E-state index contributed by atoms with van der Waals surface area (Å²) in [6, 6.07) is 12.3. The molecule has 0 bridgehead atoms. The van der Waals surface area contributed by atoms with Crippen molar-refractivity contribution < 1.29 is 24.3 Å². The molecule has 2 aromatic carbocycles. The van der Waals surface area contributed by atoms with Crippen molar-refractivity contribution in [2.24, 2.45) is 5.92 Å². The maximum atomic E-state index is 13.0. The summed E-state index contributed by atoms with van der Waals surface area (Å²) in [6.45, 7) is -0.0303. The van der Waals surface area contributed by atoms with E-state index in [0.717, 1.165) is 29.7 Å². The van der Waals surface area contributed by atoms with E-state index in [1.165, 1.54) is 29.6 Å². The van der Waals surface area contributed by atoms with Gasteiger partial charge < -0.3 is 5.11 Å². The van der Waals surface area contributed by atoms with Gasteiger partial charge in [-0.15, -0.1) is 0 Å². The molecule has 3 aliphatic rings. The van der Waals surface area contributed by atoms with Crippen molar-refractivity contribution in [1.82, 2.24) is 4.90 Å². The summed E-state index contributed by atoms with van der Waals surface area (Å²) in [5.74, 6) is -3.13. The summed E-state index contributed by atoms with van der Waals surface area (Å²) in [5, 5.41) is 9.70. The van der Waals surface area contributed by atoms with E-state index in [1.807, 2.05) is 12.1 Å². The quantitative estimate of drug-likeness (QED) is 0.501. The minimum Gasteiger partial charge on any atom is -0.481 e. The molecule has 0 saturated heterocycles. The van der Waals surface area contributed by atoms with Gasteiger partial charge in [0, 0.05) is 18.5 Å². The number of aliphatic carboxylic acids is 1. The molecule has 1 heterocycles. The van der Waals surface area contributed by atoms with Crippen molar-refractivity contribution in [2.45, 2.75) is 44.9 Å². The van der Waals surface area contributed by atoms with Crippen molar-refractivity contribution in [3.8, 4) is 0 Å². The van der Waals surface area contributed by atoms with Crippen LogP contribution in [0.25, 0.3) is 5.57 Å². The molecule has 1 aliphatic heterocycles. The van der Waals surface area contributed by atoms with Gasteiger partial charge >= 0.3 is 5.97 Å². The number of benzene rings is 2. The number of hydrogen-bond donors (Lipinski definition) is 1. The molecule has 0 unspecified atom stereocenters. The molecule has 0 aromatic heterocycles. The summed E-state index contributed by atoms with van der Waals surface area (Å²) in [4.78, 5) is 51.0. The van der Waals surface area contributed by atoms with E-state index in [1.54, 1.807) is 30.3 Å². The summed E-state index contributed by atoms with van der Waals surface area (Å²) >= 11 is 0. The zero-order valence-electron chi connectivity index (χ0n) is 18.3. The fourth-order valence-corrected chi connectivity index (χ4v) is 5.31. The van der Waals surface area contributed by atoms with Crippen LogP contribution >= 0.6 is 0 Å². The molecule has 2 aromatic rings. The Morgan fingerprint density at radius 3 is 2.33 bits per heavy atom. The predicted molar refractivity (Wildman–Crippen MR) is 122 cm³/mol. The predicted octanol–water partition coefficient (Wildman–Crippen LogP) is 4.53. The van der Waals surface area contributed by atoms with Crippen molar-refractivity contribution in [2.75, 3.05) is 6.54 Å². The first-order valence-corrected chi connectivity index (χ1v) is 11.5. The number of carbonyl (C=O) groups excluding carboxylic acids is 3. The lowest BCUT2D eigenvalue weighted by Crippen LogP contribution is -2.33. The highest BCUT2D eigenvalue weighted by atomic mass is 16.4. The lowest BCUT2D eigenvalue weighted by molar-refractivity contribution is -0.142. The molecule has 33 heavy (non-hydrogen) atoms. The minimum atomic E-state index is -1.10. The number of allylic oxidation sites excluding steroid dienone is 2. The first-order valence-electron chi connectivity index (χ1n) is 11.5. The van der Waals surface area contributed by atoms with E-state index in [4.69, 9.17) is 0 Å². The maximum Gasteiger partial charge on any atom is 0.307 e. The topological polar surface area (TPSA) is 91.8 Å². The second-order valence-electron chi connectivity index (χ2n) is 9.10. The Labute approximate surface area is 191 Å². The third-order valence-electron chi connectivity index (χ3n) is 7.10. The smallest absolute Gasteiger partial charge is 0.307 e. The van der Waals surface area contributed by atoms with E-state index < -0.39 is 23.7 Å². The van der Waals surface area contributed by atoms with Crippen LogP contribution in [0, 0.1) is 5.92 Å². The lowest BCUT2D eigenvalue weighted by Gasteiger charge is -2.17. The van der Waals surface area contributed by atoms with E-state index >= 15 is 0 Å². The average Bonchev–Trinajstić information content (AvgIpc) is 3.31. The molecule has 5 rings (SSSR count). The number of rotatable bonds is 7. The molecule has 2 amide bonds. The van der Waals surface area contributed by atoms with Crippen LogP contribution in [0.2, 0.25) is 0 Å². The molecule has 1 N–H and O–H groups in total. The molecule has 168 valence electrons. The number of carbonyl (C=O) groups is 4. The van der Waals surface area contributed by atoms with Gasteiger partial charge in [-0.05, 0) is 73.4 Å². The van der Waals surface area contributed by atoms with Crippen molar-refractivity contribution in [3.63, 3.8) is 0 Å². The third-order valence-corrected chi connectivity index (χ3v) is 7.10. The normalized spacial score (nSPS) is 17.6. The Bertz CT molecular complexity index is 1190. The molecule has 1 atom stereocenters. The van der Waals surface area contributed by atoms with Crippen LogP contribution in [0.3, 0.4) is 0 Å². The number of amides is 2. The number of ketones is 1. The number of fused-ring (bicyclic) bond motifs is 3. The standard InChI is InChI=1S/C27H25NO5/c29-24(17-9-10-21-19(14-17)13-16-5-1-2-6-20(16)21)15-18(27(32)33)11-12-28-25(30)22-7-3-4-8-23(22)26(28)31/h3-4,7-10,14,18H,1-2,5-6,11-13,15H2,(H,32,33)/t18-/m1/s1. The first kappa shape index (κ1) is 21.3. The number of imide groups is 1. The van der Waals surface area contributed by atoms with Gasteiger partial charge in [-0.25, -0.2) is 0 Å². The van der Waals surface area contributed by atoms with E-state index in [0.29, 0.717) is 16.7 Å². The Balaban J connectivity index is 1.26. The highest BCUT2D eigenvalue weighted by Crippen LogP contribution is 2.41. The molecule has 0 spiro atoms. The van der Waals surface area contributed by atoms with Gasteiger partial charge in [-0.3, -0.25) is 24.1 Å². The number of carboxylic acids is 1. The second kappa shape index (κ2) is 8.43. The summed E-state index contributed by atoms with van der Waals surface area (Å²) in [6.07, 6.45) is 5.38. The van der Waals surface area contributed by atoms with Crippen LogP contribution in [0.1, 0.15) is 80.7 Å². The largest absolute Gasteiger partial charge is 0.481 e. The lowest BCUT2D eigenvalue weighted by atomic mass is 9.91. The number of hydrogen-bond acceptors (Lipinski definition) is 4. The van der Waals surface area contributed by atoms with Crippen molar-refractivity contribution >= 4 is 29.1 Å². The van der Waals surface area contributed by atoms with Gasteiger partial charge in [0.2, 0.25) is 0 Å². The van der Waals surface area contributed by atoms with Crippen molar-refractivity contribution in [1.29, 1.82) is 0 Å². The Hall–Kier alpha value is -3.54. The molecule has 6 heteroatoms. The first-order chi connectivity index (χ1) is 15.9. The van der Waals surface area contributed by atoms with Crippen LogP contribution in [0.5, 0.6) is 0 Å². The highest BCUT2D eigenvalue weighted by Gasteiger charge is 2.36. The Morgan fingerprint density at radius 2 is 1.64 bits per heavy atom. The zero-order chi connectivity index (χ0) is 23.1. The molecule has 0 saturated carbocycles. The second-order valence-corrected chi connectivity index (χ2v) is 9.10. The van der Waals surface area contributed by atoms with Gasteiger partial charge in [0.15, 0.2) is 5.78 Å². The van der Waals surface area contributed by atoms with Gasteiger partial charge in [0.05, 0.1) is 17.0 Å². The zero-order valence-corrected chi connectivity index (χ0v) is 18.3. The average molecular weight is 443 g/mol. The molecular weight excluding hydrogens is 418 g/mol. The molecular formula is C27H25NO5. The van der Waals surface area contributed by atoms with Gasteiger partial charge in [-0.1, -0.05) is 29.8 Å². The van der Waals surface area contributed by atoms with Crippen LogP contribution in [0.15, 0.2) is 48.0 Å². The number of Topliss-reactive ketones (excluding diaryl/α,β-unsaturated/α-hetero) is 1. The number of carboxylic acid groups (broad SMARTS) is 1. The van der Waals surface area contributed by atoms with Gasteiger partial charge in [0.25, 0.3) is 11.8 Å². The SMILES string of the molecule is O=C(C[C@@H](CCN1C(=O)c2ccccc2C1=O)C(=O)O)c1ccc2c(c1)CC1=C2CCCC1. The van der Waals surface area contributed by atoms with Crippen LogP contribution in [0.4, 0.5) is 0 Å². The van der Waals surface area contributed by atoms with E-state index in [9.17, 15) is 24.3 Å². The van der Waals surface area contributed by atoms with Crippen molar-refractivity contribution in [3.05, 3.63) is 75.9 Å². The molecule has 6 nitrogen and oxygen atoms in total. The van der Waals surface area contributed by atoms with Crippen LogP contribution in [-0.2, 0) is 11.2 Å². The summed E-state index contributed by atoms with van der Waals surface area (Å²) in [7, 11) is 0. The fourth-order valence-electron chi connectivity index (χ4n) is 5.31. The van der Waals surface area contributed by atoms with Crippen LogP contribution < -0.4 is 0 Å². The molecule has 0 fully saturated rings. The fraction of sp³-hybridized carbons (Fsp3) is 0.333. The van der Waals surface area contributed by atoms with Crippen LogP contribution in [-0.4, -0.2) is 40.1 Å². The highest BCUT2D eigenvalue weighted by molar-refractivity contribution is 6.21. The van der Waals surface area contributed by atoms with E-state index in [-0.39, 0.29) is 25.2 Å². The Morgan fingerprint density at radius 1 is 0.939 bits per heavy atom. The maximum absolute atomic E-state index is 13.0. The molecule has 2 aliphatic carbocycles. The van der Waals surface area contributed by atoms with Gasteiger partial charge in [0.1, 0.15) is 0 Å². The number of nitrogens with zero attached hydrogens (tertiary/aromatic N) is 1. The Kier molecular flexibility index (Phi) is 5.44. The monoisotopic (exact) mass is 443 g/mol. The summed E-state index contributed by atoms with van der Waals surface area (Å²) in [5.41, 5.74) is 6.50. The van der Waals surface area contributed by atoms with Gasteiger partial charge in [-0.2, -0.15) is 0 Å². The molecule has 0 radical (unpaired) electrons.